The second-order valence-electron chi connectivity index (χ2n) is 5.45. The number of aliphatic carboxylic acids is 1. The lowest BCUT2D eigenvalue weighted by atomic mass is 9.85. The van der Waals surface area contributed by atoms with Crippen LogP contribution in [0.3, 0.4) is 0 Å². The highest BCUT2D eigenvalue weighted by Gasteiger charge is 2.33. The molecule has 0 saturated heterocycles. The lowest BCUT2D eigenvalue weighted by molar-refractivity contribution is -0.139. The number of amides is 1. The van der Waals surface area contributed by atoms with E-state index in [0.29, 0.717) is 0 Å². The summed E-state index contributed by atoms with van der Waals surface area (Å²) in [6, 6.07) is 3.04. The van der Waals surface area contributed by atoms with Gasteiger partial charge in [0.1, 0.15) is 4.21 Å². The maximum Gasteiger partial charge on any atom is 0.305 e. The van der Waals surface area contributed by atoms with Gasteiger partial charge in [-0.15, -0.1) is 11.3 Å². The van der Waals surface area contributed by atoms with Crippen LogP contribution in [-0.4, -0.2) is 37.5 Å². The van der Waals surface area contributed by atoms with E-state index in [1.54, 1.807) is 32.2 Å². The highest BCUT2D eigenvalue weighted by molar-refractivity contribution is 7.91. The van der Waals surface area contributed by atoms with Crippen molar-refractivity contribution in [3.05, 3.63) is 17.5 Å². The summed E-state index contributed by atoms with van der Waals surface area (Å²) in [5, 5.41) is 13.2. The Kier molecular flexibility index (Phi) is 6.09. The highest BCUT2D eigenvalue weighted by atomic mass is 32.2. The van der Waals surface area contributed by atoms with E-state index in [9.17, 15) is 18.0 Å². The first kappa shape index (κ1) is 18.6. The first-order chi connectivity index (χ1) is 10.1. The fraction of sp³-hybridized carbons (Fsp3) is 0.538. The second kappa shape index (κ2) is 7.21. The molecule has 0 fully saturated rings. The number of nitrogens with one attached hydrogen (secondary N) is 2. The molecular weight excluding hydrogens is 328 g/mol. The number of hydrogen-bond donors (Lipinski definition) is 3. The molecule has 7 nitrogen and oxygen atoms in total. The smallest absolute Gasteiger partial charge is 0.305 e. The predicted octanol–water partition coefficient (Wildman–Crippen LogP) is 1.03. The number of hydrogen-bond acceptors (Lipinski definition) is 5. The monoisotopic (exact) mass is 348 g/mol. The van der Waals surface area contributed by atoms with Crippen LogP contribution in [0.25, 0.3) is 0 Å². The molecule has 1 rings (SSSR count). The maximum atomic E-state index is 11.9. The van der Waals surface area contributed by atoms with Crippen molar-refractivity contribution in [2.75, 3.05) is 6.54 Å². The van der Waals surface area contributed by atoms with Gasteiger partial charge < -0.3 is 10.4 Å². The van der Waals surface area contributed by atoms with Gasteiger partial charge in [-0.3, -0.25) is 9.59 Å². The third-order valence-corrected chi connectivity index (χ3v) is 6.20. The molecule has 3 N–H and O–H groups in total. The zero-order valence-corrected chi connectivity index (χ0v) is 14.3. The third-order valence-electron chi connectivity index (χ3n) is 3.40. The summed E-state index contributed by atoms with van der Waals surface area (Å²) >= 11 is 1.05. The van der Waals surface area contributed by atoms with Gasteiger partial charge in [-0.2, -0.15) is 0 Å². The van der Waals surface area contributed by atoms with Crippen LogP contribution in [-0.2, 0) is 19.6 Å². The minimum atomic E-state index is -3.72. The number of carbonyl (C=O) groups excluding carboxylic acids is 1. The van der Waals surface area contributed by atoms with E-state index in [1.807, 2.05) is 0 Å². The van der Waals surface area contributed by atoms with Crippen molar-refractivity contribution in [2.24, 2.45) is 5.92 Å². The largest absolute Gasteiger partial charge is 0.481 e. The van der Waals surface area contributed by atoms with Crippen molar-refractivity contribution in [1.29, 1.82) is 0 Å². The number of carbonyl (C=O) groups is 2. The van der Waals surface area contributed by atoms with Gasteiger partial charge in [-0.05, 0) is 24.3 Å². The molecule has 0 aliphatic heterocycles. The zero-order valence-electron chi connectivity index (χ0n) is 12.6. The van der Waals surface area contributed by atoms with Crippen molar-refractivity contribution in [2.45, 2.75) is 36.9 Å². The number of thiophene rings is 1. The molecular formula is C13H20N2O5S2. The number of carboxylic acid groups (broad SMARTS) is 1. The molecule has 1 unspecified atom stereocenters. The number of rotatable bonds is 8. The standard InChI is InChI=1S/C13H20N2O5S2/c1-9(2)13(3,7-11(17)18)15-10(16)8-14-22(19,20)12-5-4-6-21-12/h4-6,9,14H,7-8H2,1-3H3,(H,15,16)(H,17,18). The van der Waals surface area contributed by atoms with Crippen molar-refractivity contribution in [1.82, 2.24) is 10.0 Å². The molecule has 1 amide bonds. The average Bonchev–Trinajstić information content (AvgIpc) is 2.89. The predicted molar refractivity (Wildman–Crippen MR) is 83.1 cm³/mol. The van der Waals surface area contributed by atoms with Crippen LogP contribution in [0, 0.1) is 5.92 Å². The van der Waals surface area contributed by atoms with E-state index in [1.165, 1.54) is 6.07 Å². The Morgan fingerprint density at radius 3 is 2.50 bits per heavy atom. The van der Waals surface area contributed by atoms with Crippen LogP contribution in [0.4, 0.5) is 0 Å². The summed E-state index contributed by atoms with van der Waals surface area (Å²) in [6.45, 7) is 4.76. The molecule has 9 heteroatoms. The molecule has 0 spiro atoms. The van der Waals surface area contributed by atoms with Crippen molar-refractivity contribution < 1.29 is 23.1 Å². The van der Waals surface area contributed by atoms with Crippen LogP contribution in [0.1, 0.15) is 27.2 Å². The molecule has 1 atom stereocenters. The Balaban J connectivity index is 2.67. The first-order valence-corrected chi connectivity index (χ1v) is 8.99. The van der Waals surface area contributed by atoms with Crippen LogP contribution >= 0.6 is 11.3 Å². The Hall–Kier alpha value is -1.45. The van der Waals surface area contributed by atoms with Gasteiger partial charge in [0, 0.05) is 5.54 Å². The van der Waals surface area contributed by atoms with Crippen LogP contribution in [0.15, 0.2) is 21.7 Å². The summed E-state index contributed by atoms with van der Waals surface area (Å²) in [6.07, 6.45) is -0.242. The van der Waals surface area contributed by atoms with Crippen LogP contribution in [0.5, 0.6) is 0 Å². The molecule has 0 bridgehead atoms. The van der Waals surface area contributed by atoms with E-state index < -0.39 is 34.0 Å². The summed E-state index contributed by atoms with van der Waals surface area (Å²) in [7, 11) is -3.72. The lowest BCUT2D eigenvalue weighted by Gasteiger charge is -2.33. The van der Waals surface area contributed by atoms with Gasteiger partial charge in [0.25, 0.3) is 10.0 Å². The summed E-state index contributed by atoms with van der Waals surface area (Å²) < 4.78 is 26.1. The average molecular weight is 348 g/mol. The molecule has 1 aromatic rings. The third kappa shape index (κ3) is 5.08. The Labute approximate surface area is 133 Å². The Morgan fingerprint density at radius 2 is 2.05 bits per heavy atom. The fourth-order valence-electron chi connectivity index (χ4n) is 1.72. The molecule has 0 radical (unpaired) electrons. The Morgan fingerprint density at radius 1 is 1.41 bits per heavy atom. The number of carboxylic acids is 1. The normalized spacial score (nSPS) is 14.5. The molecule has 1 heterocycles. The molecule has 0 aliphatic rings. The molecule has 1 aromatic heterocycles. The Bertz CT molecular complexity index is 625. The van der Waals surface area contributed by atoms with E-state index in [0.717, 1.165) is 11.3 Å². The second-order valence-corrected chi connectivity index (χ2v) is 8.39. The molecule has 0 aromatic carbocycles. The minimum Gasteiger partial charge on any atom is -0.481 e. The SMILES string of the molecule is CC(C)C(C)(CC(=O)O)NC(=O)CNS(=O)(=O)c1cccs1. The van der Waals surface area contributed by atoms with Gasteiger partial charge in [0.2, 0.25) is 5.91 Å². The summed E-state index contributed by atoms with van der Waals surface area (Å²) in [5.74, 6) is -1.73. The summed E-state index contributed by atoms with van der Waals surface area (Å²) in [5.41, 5.74) is -0.947. The van der Waals surface area contributed by atoms with Crippen molar-refractivity contribution in [3.63, 3.8) is 0 Å². The van der Waals surface area contributed by atoms with E-state index >= 15 is 0 Å². The van der Waals surface area contributed by atoms with Crippen LogP contribution < -0.4 is 10.0 Å². The topological polar surface area (TPSA) is 113 Å². The van der Waals surface area contributed by atoms with Gasteiger partial charge in [0.05, 0.1) is 13.0 Å². The van der Waals surface area contributed by atoms with E-state index in [2.05, 4.69) is 10.0 Å². The first-order valence-electron chi connectivity index (χ1n) is 6.63. The molecule has 22 heavy (non-hydrogen) atoms. The minimum absolute atomic E-state index is 0.123. The quantitative estimate of drug-likeness (QED) is 0.649. The van der Waals surface area contributed by atoms with Gasteiger partial charge >= 0.3 is 5.97 Å². The van der Waals surface area contributed by atoms with Crippen molar-refractivity contribution in [3.8, 4) is 0 Å². The van der Waals surface area contributed by atoms with E-state index in [4.69, 9.17) is 5.11 Å². The molecule has 0 aliphatic carbocycles. The van der Waals surface area contributed by atoms with Crippen molar-refractivity contribution >= 4 is 33.2 Å². The molecule has 0 saturated carbocycles. The highest BCUT2D eigenvalue weighted by Crippen LogP contribution is 2.20. The van der Waals surface area contributed by atoms with Gasteiger partial charge in [-0.25, -0.2) is 13.1 Å². The number of sulfonamides is 1. The molecule has 124 valence electrons. The van der Waals surface area contributed by atoms with E-state index in [-0.39, 0.29) is 16.5 Å². The van der Waals surface area contributed by atoms with Gasteiger partial charge in [0.15, 0.2) is 0 Å². The fourth-order valence-corrected chi connectivity index (χ4v) is 3.74. The maximum absolute atomic E-state index is 11.9. The van der Waals surface area contributed by atoms with Crippen LogP contribution in [0.2, 0.25) is 0 Å². The summed E-state index contributed by atoms with van der Waals surface area (Å²) in [4.78, 5) is 22.8. The zero-order chi connectivity index (χ0) is 17.0. The van der Waals surface area contributed by atoms with Gasteiger partial charge in [-0.1, -0.05) is 19.9 Å². The lowest BCUT2D eigenvalue weighted by Crippen LogP contribution is -2.53.